The summed E-state index contributed by atoms with van der Waals surface area (Å²) in [5.74, 6) is -0.400. The third-order valence-electron chi connectivity index (χ3n) is 3.34. The van der Waals surface area contributed by atoms with Gasteiger partial charge in [0.25, 0.3) is 5.91 Å². The molecule has 0 saturated carbocycles. The Balaban J connectivity index is 2.43. The van der Waals surface area contributed by atoms with Gasteiger partial charge in [0.05, 0.1) is 5.56 Å². The number of nitrogens with zero attached hydrogens (tertiary/aromatic N) is 2. The van der Waals surface area contributed by atoms with Gasteiger partial charge in [0.15, 0.2) is 0 Å². The number of carbonyl (C=O) groups excluding carboxylic acids is 1. The average Bonchev–Trinajstić information content (AvgIpc) is 2.78. The van der Waals surface area contributed by atoms with Crippen LogP contribution in [0.5, 0.6) is 0 Å². The summed E-state index contributed by atoms with van der Waals surface area (Å²) in [6.45, 7) is 3.38. The summed E-state index contributed by atoms with van der Waals surface area (Å²) in [5.41, 5.74) is 8.90. The van der Waals surface area contributed by atoms with E-state index in [4.69, 9.17) is 10.5 Å². The quantitative estimate of drug-likeness (QED) is 0.818. The Morgan fingerprint density at radius 3 is 2.70 bits per heavy atom. The average molecular weight is 273 g/mol. The van der Waals surface area contributed by atoms with E-state index in [1.165, 1.54) is 0 Å². The van der Waals surface area contributed by atoms with Gasteiger partial charge < -0.3 is 15.0 Å². The molecule has 0 bridgehead atoms. The highest BCUT2D eigenvalue weighted by Crippen LogP contribution is 2.25. The maximum absolute atomic E-state index is 11.5. The molecule has 0 aromatic carbocycles. The molecule has 0 aliphatic heterocycles. The molecule has 5 nitrogen and oxygen atoms in total. The van der Waals surface area contributed by atoms with Crippen LogP contribution in [0.25, 0.3) is 11.3 Å². The van der Waals surface area contributed by atoms with Gasteiger partial charge in [-0.2, -0.15) is 0 Å². The number of rotatable bonds is 6. The molecule has 0 unspecified atom stereocenters. The van der Waals surface area contributed by atoms with E-state index in [2.05, 4.69) is 9.55 Å². The van der Waals surface area contributed by atoms with Crippen LogP contribution < -0.4 is 5.73 Å². The summed E-state index contributed by atoms with van der Waals surface area (Å²) in [5, 5.41) is 0. The van der Waals surface area contributed by atoms with Crippen molar-refractivity contribution in [3.63, 3.8) is 0 Å². The normalized spacial score (nSPS) is 10.7. The second kappa shape index (κ2) is 6.34. The zero-order chi connectivity index (χ0) is 14.5. The molecule has 2 aromatic heterocycles. The molecular formula is C15H19N3O2. The first-order chi connectivity index (χ1) is 9.65. The third kappa shape index (κ3) is 2.88. The van der Waals surface area contributed by atoms with Gasteiger partial charge in [-0.25, -0.2) is 0 Å². The zero-order valence-electron chi connectivity index (χ0n) is 11.8. The lowest BCUT2D eigenvalue weighted by atomic mass is 10.1. The van der Waals surface area contributed by atoms with Crippen LogP contribution in [-0.4, -0.2) is 29.2 Å². The molecule has 1 amide bonds. The molecule has 0 radical (unpaired) electrons. The minimum atomic E-state index is -0.400. The fourth-order valence-electron chi connectivity index (χ4n) is 2.31. The highest BCUT2D eigenvalue weighted by Gasteiger charge is 2.16. The maximum atomic E-state index is 11.5. The smallest absolute Gasteiger partial charge is 0.250 e. The van der Waals surface area contributed by atoms with Gasteiger partial charge in [0.1, 0.15) is 0 Å². The van der Waals surface area contributed by atoms with E-state index in [0.717, 1.165) is 29.9 Å². The Hall–Kier alpha value is -2.14. The second-order valence-electron chi connectivity index (χ2n) is 4.63. The summed E-state index contributed by atoms with van der Waals surface area (Å²) < 4.78 is 7.19. The molecule has 0 atom stereocenters. The van der Waals surface area contributed by atoms with Gasteiger partial charge in [-0.1, -0.05) is 0 Å². The number of hydrogen-bond donors (Lipinski definition) is 1. The molecule has 5 heteroatoms. The molecular weight excluding hydrogens is 254 g/mol. The molecule has 0 spiro atoms. The second-order valence-corrected chi connectivity index (χ2v) is 4.63. The van der Waals surface area contributed by atoms with Crippen LogP contribution in [-0.2, 0) is 11.3 Å². The van der Waals surface area contributed by atoms with Crippen molar-refractivity contribution in [3.8, 4) is 11.3 Å². The number of nitrogens with two attached hydrogens (primary N) is 1. The highest BCUT2D eigenvalue weighted by atomic mass is 16.5. The predicted molar refractivity (Wildman–Crippen MR) is 77.4 cm³/mol. The van der Waals surface area contributed by atoms with Gasteiger partial charge >= 0.3 is 0 Å². The molecule has 0 saturated heterocycles. The fraction of sp³-hybridized carbons (Fsp3) is 0.333. The van der Waals surface area contributed by atoms with Gasteiger partial charge in [-0.05, 0) is 31.5 Å². The standard InChI is InChI=1S/C15H19N3O2/c1-11-13(15(16)19)10-14(12-4-6-17-7-5-12)18(11)8-3-9-20-2/h4-7,10H,3,8-9H2,1-2H3,(H2,16,19). The first kappa shape index (κ1) is 14.3. The molecule has 2 rings (SSSR count). The third-order valence-corrected chi connectivity index (χ3v) is 3.34. The SMILES string of the molecule is COCCCn1c(-c2ccncc2)cc(C(N)=O)c1C. The van der Waals surface area contributed by atoms with Crippen molar-refractivity contribution in [3.05, 3.63) is 41.9 Å². The summed E-state index contributed by atoms with van der Waals surface area (Å²) in [6.07, 6.45) is 4.35. The Kier molecular flexibility index (Phi) is 4.53. The predicted octanol–water partition coefficient (Wildman–Crippen LogP) is 1.99. The van der Waals surface area contributed by atoms with E-state index in [0.29, 0.717) is 12.2 Å². The Bertz CT molecular complexity index is 591. The van der Waals surface area contributed by atoms with Crippen molar-refractivity contribution >= 4 is 5.91 Å². The summed E-state index contributed by atoms with van der Waals surface area (Å²) >= 11 is 0. The molecule has 106 valence electrons. The summed E-state index contributed by atoms with van der Waals surface area (Å²) in [4.78, 5) is 15.5. The lowest BCUT2D eigenvalue weighted by molar-refractivity contribution is 0.0999. The van der Waals surface area contributed by atoms with Gasteiger partial charge in [-0.15, -0.1) is 0 Å². The van der Waals surface area contributed by atoms with Crippen molar-refractivity contribution in [2.75, 3.05) is 13.7 Å². The van der Waals surface area contributed by atoms with Crippen molar-refractivity contribution in [1.29, 1.82) is 0 Å². The van der Waals surface area contributed by atoms with E-state index >= 15 is 0 Å². The minimum absolute atomic E-state index is 0.400. The fourth-order valence-corrected chi connectivity index (χ4v) is 2.31. The van der Waals surface area contributed by atoms with Crippen molar-refractivity contribution in [1.82, 2.24) is 9.55 Å². The molecule has 20 heavy (non-hydrogen) atoms. The van der Waals surface area contributed by atoms with Crippen LogP contribution in [0.1, 0.15) is 22.5 Å². The number of amides is 1. The first-order valence-electron chi connectivity index (χ1n) is 6.54. The maximum Gasteiger partial charge on any atom is 0.250 e. The van der Waals surface area contributed by atoms with E-state index in [-0.39, 0.29) is 0 Å². The lowest BCUT2D eigenvalue weighted by Crippen LogP contribution is -2.13. The molecule has 2 aromatic rings. The Morgan fingerprint density at radius 2 is 2.10 bits per heavy atom. The summed E-state index contributed by atoms with van der Waals surface area (Å²) in [6, 6.07) is 5.69. The van der Waals surface area contributed by atoms with Gasteiger partial charge in [-0.3, -0.25) is 9.78 Å². The van der Waals surface area contributed by atoms with Crippen molar-refractivity contribution in [2.45, 2.75) is 19.9 Å². The Labute approximate surface area is 118 Å². The largest absolute Gasteiger partial charge is 0.385 e. The van der Waals surface area contributed by atoms with Gasteiger partial charge in [0.2, 0.25) is 0 Å². The number of pyridine rings is 1. The minimum Gasteiger partial charge on any atom is -0.385 e. The van der Waals surface area contributed by atoms with Crippen LogP contribution in [0, 0.1) is 6.92 Å². The number of ether oxygens (including phenoxy) is 1. The number of primary amides is 1. The van der Waals surface area contributed by atoms with E-state index < -0.39 is 5.91 Å². The number of carbonyl (C=O) groups is 1. The zero-order valence-corrected chi connectivity index (χ0v) is 11.8. The van der Waals surface area contributed by atoms with Crippen molar-refractivity contribution in [2.24, 2.45) is 5.73 Å². The number of methoxy groups -OCH3 is 1. The van der Waals surface area contributed by atoms with Crippen LogP contribution in [0.4, 0.5) is 0 Å². The topological polar surface area (TPSA) is 70.1 Å². The van der Waals surface area contributed by atoms with Crippen LogP contribution >= 0.6 is 0 Å². The molecule has 2 heterocycles. The summed E-state index contributed by atoms with van der Waals surface area (Å²) in [7, 11) is 1.68. The van der Waals surface area contributed by atoms with Crippen LogP contribution in [0.3, 0.4) is 0 Å². The lowest BCUT2D eigenvalue weighted by Gasteiger charge is -2.11. The monoisotopic (exact) mass is 273 g/mol. The molecule has 2 N–H and O–H groups in total. The number of hydrogen-bond acceptors (Lipinski definition) is 3. The van der Waals surface area contributed by atoms with Crippen LogP contribution in [0.2, 0.25) is 0 Å². The highest BCUT2D eigenvalue weighted by molar-refractivity contribution is 5.95. The van der Waals surface area contributed by atoms with E-state index in [9.17, 15) is 4.79 Å². The first-order valence-corrected chi connectivity index (χ1v) is 6.54. The van der Waals surface area contributed by atoms with Gasteiger partial charge in [0, 0.05) is 49.6 Å². The molecule has 0 fully saturated rings. The van der Waals surface area contributed by atoms with E-state index in [1.54, 1.807) is 19.5 Å². The Morgan fingerprint density at radius 1 is 1.40 bits per heavy atom. The van der Waals surface area contributed by atoms with Crippen LogP contribution in [0.15, 0.2) is 30.6 Å². The van der Waals surface area contributed by atoms with E-state index in [1.807, 2.05) is 25.1 Å². The molecule has 0 aliphatic carbocycles. The van der Waals surface area contributed by atoms with Crippen molar-refractivity contribution < 1.29 is 9.53 Å². The number of aromatic nitrogens is 2. The molecule has 0 aliphatic rings.